The number of halogens is 2. The summed E-state index contributed by atoms with van der Waals surface area (Å²) in [5.41, 5.74) is 4.02. The van der Waals surface area contributed by atoms with Crippen molar-refractivity contribution in [2.45, 2.75) is 0 Å². The van der Waals surface area contributed by atoms with E-state index in [1.807, 2.05) is 28.4 Å². The molecule has 8 heteroatoms. The van der Waals surface area contributed by atoms with E-state index >= 15 is 0 Å². The lowest BCUT2D eigenvalue weighted by Crippen LogP contribution is -2.36. The molecule has 31 heavy (non-hydrogen) atoms. The SMILES string of the molecule is C=CCN=c1scc(-c2ccc(Cl)c(Cl)c2)n1N=Cc1ccc(N2CCOCC2)cc1. The third-order valence-corrected chi connectivity index (χ3v) is 6.44. The van der Waals surface area contributed by atoms with Crippen molar-refractivity contribution in [1.82, 2.24) is 4.68 Å². The molecule has 5 nitrogen and oxygen atoms in total. The minimum atomic E-state index is 0.504. The molecule has 2 heterocycles. The Morgan fingerprint density at radius 1 is 1.06 bits per heavy atom. The minimum absolute atomic E-state index is 0.504. The summed E-state index contributed by atoms with van der Waals surface area (Å²) in [6.45, 7) is 7.64. The Morgan fingerprint density at radius 3 is 2.55 bits per heavy atom. The fraction of sp³-hybridized carbons (Fsp3) is 0.217. The molecule has 0 spiro atoms. The molecule has 0 N–H and O–H groups in total. The molecule has 0 aliphatic carbocycles. The molecule has 0 atom stereocenters. The first kappa shape index (κ1) is 21.8. The molecular formula is C23H22Cl2N4OS. The van der Waals surface area contributed by atoms with Gasteiger partial charge in [0.15, 0.2) is 0 Å². The zero-order valence-corrected chi connectivity index (χ0v) is 19.2. The molecule has 0 saturated carbocycles. The average Bonchev–Trinajstić information content (AvgIpc) is 3.21. The van der Waals surface area contributed by atoms with Crippen molar-refractivity contribution in [3.63, 3.8) is 0 Å². The maximum absolute atomic E-state index is 6.23. The summed E-state index contributed by atoms with van der Waals surface area (Å²) in [6, 6.07) is 13.9. The smallest absolute Gasteiger partial charge is 0.206 e. The highest BCUT2D eigenvalue weighted by Gasteiger charge is 2.11. The predicted octanol–water partition coefficient (Wildman–Crippen LogP) is 5.33. The van der Waals surface area contributed by atoms with Gasteiger partial charge in [0.05, 0.1) is 41.7 Å². The van der Waals surface area contributed by atoms with Crippen molar-refractivity contribution in [1.29, 1.82) is 0 Å². The van der Waals surface area contributed by atoms with E-state index in [4.69, 9.17) is 33.0 Å². The van der Waals surface area contributed by atoms with E-state index in [2.05, 4.69) is 40.7 Å². The fourth-order valence-electron chi connectivity index (χ4n) is 3.23. The molecule has 3 aromatic rings. The summed E-state index contributed by atoms with van der Waals surface area (Å²) >= 11 is 13.8. The van der Waals surface area contributed by atoms with E-state index in [0.29, 0.717) is 16.6 Å². The molecule has 0 amide bonds. The molecule has 0 bridgehead atoms. The summed E-state index contributed by atoms with van der Waals surface area (Å²) in [5, 5.41) is 7.76. The van der Waals surface area contributed by atoms with Gasteiger partial charge in [-0.25, -0.2) is 4.68 Å². The van der Waals surface area contributed by atoms with Crippen molar-refractivity contribution >= 4 is 46.4 Å². The molecular weight excluding hydrogens is 451 g/mol. The highest BCUT2D eigenvalue weighted by molar-refractivity contribution is 7.07. The number of ether oxygens (including phenoxy) is 1. The van der Waals surface area contributed by atoms with Gasteiger partial charge in [0.2, 0.25) is 4.80 Å². The Balaban J connectivity index is 1.64. The van der Waals surface area contributed by atoms with Crippen LogP contribution in [-0.2, 0) is 4.74 Å². The monoisotopic (exact) mass is 472 g/mol. The largest absolute Gasteiger partial charge is 0.378 e. The summed E-state index contributed by atoms with van der Waals surface area (Å²) in [6.07, 6.45) is 3.60. The number of rotatable bonds is 6. The lowest BCUT2D eigenvalue weighted by atomic mass is 10.2. The number of morpholine rings is 1. The van der Waals surface area contributed by atoms with E-state index < -0.39 is 0 Å². The normalized spacial score (nSPS) is 15.0. The van der Waals surface area contributed by atoms with Crippen LogP contribution in [0.3, 0.4) is 0 Å². The molecule has 0 radical (unpaired) electrons. The quantitative estimate of drug-likeness (QED) is 0.359. The van der Waals surface area contributed by atoms with Crippen LogP contribution >= 0.6 is 34.5 Å². The zero-order chi connectivity index (χ0) is 21.6. The molecule has 1 fully saturated rings. The highest BCUT2D eigenvalue weighted by Crippen LogP contribution is 2.29. The topological polar surface area (TPSA) is 42.1 Å². The summed E-state index contributed by atoms with van der Waals surface area (Å²) in [5.74, 6) is 0. The van der Waals surface area contributed by atoms with Crippen molar-refractivity contribution < 1.29 is 4.74 Å². The Labute approximate surface area is 195 Å². The van der Waals surface area contributed by atoms with Crippen LogP contribution in [0, 0.1) is 0 Å². The molecule has 160 valence electrons. The lowest BCUT2D eigenvalue weighted by molar-refractivity contribution is 0.122. The molecule has 1 aliphatic heterocycles. The van der Waals surface area contributed by atoms with Gasteiger partial charge in [-0.05, 0) is 29.8 Å². The van der Waals surface area contributed by atoms with Crippen LogP contribution in [0.4, 0.5) is 5.69 Å². The second-order valence-electron chi connectivity index (χ2n) is 6.91. The Bertz CT molecular complexity index is 1150. The standard InChI is InChI=1S/C23H22Cl2N4OS/c1-2-9-26-23-29(22(16-31-23)18-5-8-20(24)21(25)14-18)27-15-17-3-6-19(7-4-17)28-10-12-30-13-11-28/h2-8,14-16H,1,9-13H2. The maximum Gasteiger partial charge on any atom is 0.206 e. The van der Waals surface area contributed by atoms with Gasteiger partial charge in [0.25, 0.3) is 0 Å². The zero-order valence-electron chi connectivity index (χ0n) is 16.9. The van der Waals surface area contributed by atoms with E-state index in [0.717, 1.165) is 47.9 Å². The van der Waals surface area contributed by atoms with E-state index in [1.54, 1.807) is 12.1 Å². The van der Waals surface area contributed by atoms with E-state index in [-0.39, 0.29) is 0 Å². The first-order valence-corrected chi connectivity index (χ1v) is 11.5. The highest BCUT2D eigenvalue weighted by atomic mass is 35.5. The number of benzene rings is 2. The van der Waals surface area contributed by atoms with Gasteiger partial charge in [-0.3, -0.25) is 4.99 Å². The van der Waals surface area contributed by atoms with Gasteiger partial charge in [-0.15, -0.1) is 17.9 Å². The van der Waals surface area contributed by atoms with Gasteiger partial charge in [0, 0.05) is 29.7 Å². The third-order valence-electron chi connectivity index (χ3n) is 4.85. The first-order valence-electron chi connectivity index (χ1n) is 9.90. The summed E-state index contributed by atoms with van der Waals surface area (Å²) in [7, 11) is 0. The minimum Gasteiger partial charge on any atom is -0.378 e. The van der Waals surface area contributed by atoms with Gasteiger partial charge >= 0.3 is 0 Å². The molecule has 1 saturated heterocycles. The Hall–Kier alpha value is -2.38. The van der Waals surface area contributed by atoms with Crippen LogP contribution in [0.1, 0.15) is 5.56 Å². The van der Waals surface area contributed by atoms with Crippen molar-refractivity contribution in [2.24, 2.45) is 10.1 Å². The fourth-order valence-corrected chi connectivity index (χ4v) is 4.38. The van der Waals surface area contributed by atoms with Crippen LogP contribution in [0.15, 0.2) is 70.6 Å². The third kappa shape index (κ3) is 5.28. The van der Waals surface area contributed by atoms with Crippen LogP contribution in [0.25, 0.3) is 11.3 Å². The Morgan fingerprint density at radius 2 is 1.84 bits per heavy atom. The molecule has 1 aromatic heterocycles. The van der Waals surface area contributed by atoms with Crippen LogP contribution in [0.5, 0.6) is 0 Å². The average molecular weight is 473 g/mol. The van der Waals surface area contributed by atoms with Crippen LogP contribution < -0.4 is 9.70 Å². The molecule has 2 aromatic carbocycles. The van der Waals surface area contributed by atoms with E-state index in [1.165, 1.54) is 17.0 Å². The number of aromatic nitrogens is 1. The molecule has 1 aliphatic rings. The Kier molecular flexibility index (Phi) is 7.25. The van der Waals surface area contributed by atoms with Crippen LogP contribution in [-0.4, -0.2) is 43.7 Å². The van der Waals surface area contributed by atoms with Gasteiger partial charge < -0.3 is 9.64 Å². The molecule has 4 rings (SSSR count). The number of anilines is 1. The maximum atomic E-state index is 6.23. The molecule has 0 unspecified atom stereocenters. The lowest BCUT2D eigenvalue weighted by Gasteiger charge is -2.28. The van der Waals surface area contributed by atoms with Gasteiger partial charge in [-0.1, -0.05) is 47.5 Å². The summed E-state index contributed by atoms with van der Waals surface area (Å²) in [4.78, 5) is 7.68. The van der Waals surface area contributed by atoms with Crippen LogP contribution in [0.2, 0.25) is 10.0 Å². The van der Waals surface area contributed by atoms with E-state index in [9.17, 15) is 0 Å². The predicted molar refractivity (Wildman–Crippen MR) is 131 cm³/mol. The van der Waals surface area contributed by atoms with Crippen molar-refractivity contribution in [3.05, 3.63) is 80.9 Å². The number of nitrogens with zero attached hydrogens (tertiary/aromatic N) is 4. The second-order valence-corrected chi connectivity index (χ2v) is 8.56. The van der Waals surface area contributed by atoms with Crippen molar-refractivity contribution in [3.8, 4) is 11.3 Å². The second kappa shape index (κ2) is 10.3. The number of hydrogen-bond donors (Lipinski definition) is 0. The summed E-state index contributed by atoms with van der Waals surface area (Å²) < 4.78 is 7.25. The number of hydrogen-bond acceptors (Lipinski definition) is 5. The van der Waals surface area contributed by atoms with Gasteiger partial charge in [0.1, 0.15) is 0 Å². The van der Waals surface area contributed by atoms with Crippen molar-refractivity contribution in [2.75, 3.05) is 37.7 Å². The number of thiazole rings is 1. The van der Waals surface area contributed by atoms with Gasteiger partial charge in [-0.2, -0.15) is 5.10 Å². The first-order chi connectivity index (χ1) is 15.2.